The first kappa shape index (κ1) is 10.1. The number of rotatable bonds is 3. The van der Waals surface area contributed by atoms with Crippen LogP contribution in [0.2, 0.25) is 0 Å². The molecule has 1 aromatic rings. The molecule has 0 saturated heterocycles. The van der Waals surface area contributed by atoms with Crippen molar-refractivity contribution in [2.75, 3.05) is 0 Å². The lowest BCUT2D eigenvalue weighted by Crippen LogP contribution is -2.15. The lowest BCUT2D eigenvalue weighted by molar-refractivity contribution is 0.478. The van der Waals surface area contributed by atoms with Crippen molar-refractivity contribution < 1.29 is 4.39 Å². The van der Waals surface area contributed by atoms with E-state index >= 15 is 0 Å². The van der Waals surface area contributed by atoms with Gasteiger partial charge in [0.2, 0.25) is 5.95 Å². The molecule has 0 fully saturated rings. The number of pyridine rings is 1. The van der Waals surface area contributed by atoms with Crippen molar-refractivity contribution in [1.29, 1.82) is 0 Å². The summed E-state index contributed by atoms with van der Waals surface area (Å²) >= 11 is 0. The Bertz CT molecular complexity index is 273. The Kier molecular flexibility index (Phi) is 3.37. The van der Waals surface area contributed by atoms with E-state index in [4.69, 9.17) is 5.73 Å². The van der Waals surface area contributed by atoms with Crippen molar-refractivity contribution in [3.05, 3.63) is 29.8 Å². The first-order chi connectivity index (χ1) is 6.11. The summed E-state index contributed by atoms with van der Waals surface area (Å²) in [7, 11) is 0. The van der Waals surface area contributed by atoms with Crippen molar-refractivity contribution in [2.45, 2.75) is 26.3 Å². The number of hydrogen-bond acceptors (Lipinski definition) is 2. The SMILES string of the molecule is CC(C)C[C@H](N)c1cccnc1F. The first-order valence-corrected chi connectivity index (χ1v) is 4.47. The second-order valence-corrected chi connectivity index (χ2v) is 3.62. The molecule has 1 aromatic heterocycles. The molecule has 0 spiro atoms. The summed E-state index contributed by atoms with van der Waals surface area (Å²) in [5.41, 5.74) is 6.33. The Morgan fingerprint density at radius 1 is 1.54 bits per heavy atom. The second kappa shape index (κ2) is 4.33. The van der Waals surface area contributed by atoms with Gasteiger partial charge in [-0.05, 0) is 18.4 Å². The zero-order valence-corrected chi connectivity index (χ0v) is 8.00. The van der Waals surface area contributed by atoms with E-state index in [0.29, 0.717) is 11.5 Å². The summed E-state index contributed by atoms with van der Waals surface area (Å²) in [6.45, 7) is 4.13. The number of aromatic nitrogens is 1. The number of hydrogen-bond donors (Lipinski definition) is 1. The van der Waals surface area contributed by atoms with Gasteiger partial charge in [-0.3, -0.25) is 0 Å². The van der Waals surface area contributed by atoms with Crippen LogP contribution in [0.1, 0.15) is 31.9 Å². The Labute approximate surface area is 78.0 Å². The average molecular weight is 182 g/mol. The molecule has 0 aliphatic carbocycles. The minimum atomic E-state index is -0.448. The molecule has 1 heterocycles. The molecule has 0 aromatic carbocycles. The molecule has 1 atom stereocenters. The maximum absolute atomic E-state index is 13.1. The van der Waals surface area contributed by atoms with Crippen LogP contribution in [0, 0.1) is 11.9 Å². The van der Waals surface area contributed by atoms with Gasteiger partial charge in [-0.25, -0.2) is 4.98 Å². The van der Waals surface area contributed by atoms with E-state index in [-0.39, 0.29) is 6.04 Å². The van der Waals surface area contributed by atoms with Gasteiger partial charge in [0.05, 0.1) is 0 Å². The second-order valence-electron chi connectivity index (χ2n) is 3.62. The Morgan fingerprint density at radius 2 is 2.23 bits per heavy atom. The highest BCUT2D eigenvalue weighted by molar-refractivity contribution is 5.15. The zero-order chi connectivity index (χ0) is 9.84. The van der Waals surface area contributed by atoms with Crippen molar-refractivity contribution >= 4 is 0 Å². The van der Waals surface area contributed by atoms with Crippen LogP contribution in [-0.2, 0) is 0 Å². The maximum Gasteiger partial charge on any atom is 0.217 e. The molecule has 72 valence electrons. The lowest BCUT2D eigenvalue weighted by atomic mass is 9.99. The molecule has 1 rings (SSSR count). The van der Waals surface area contributed by atoms with E-state index < -0.39 is 5.95 Å². The summed E-state index contributed by atoms with van der Waals surface area (Å²) in [4.78, 5) is 3.56. The summed E-state index contributed by atoms with van der Waals surface area (Å²) in [6, 6.07) is 3.15. The van der Waals surface area contributed by atoms with Gasteiger partial charge in [-0.15, -0.1) is 0 Å². The molecule has 13 heavy (non-hydrogen) atoms. The number of nitrogens with two attached hydrogens (primary N) is 1. The molecular formula is C10H15FN2. The van der Waals surface area contributed by atoms with Crippen LogP contribution in [0.5, 0.6) is 0 Å². The van der Waals surface area contributed by atoms with Crippen LogP contribution in [0.3, 0.4) is 0 Å². The third kappa shape index (κ3) is 2.77. The molecular weight excluding hydrogens is 167 g/mol. The van der Waals surface area contributed by atoms with Crippen molar-refractivity contribution in [3.63, 3.8) is 0 Å². The fourth-order valence-corrected chi connectivity index (χ4v) is 1.31. The highest BCUT2D eigenvalue weighted by Crippen LogP contribution is 2.19. The topological polar surface area (TPSA) is 38.9 Å². The van der Waals surface area contributed by atoms with Gasteiger partial charge in [0.25, 0.3) is 0 Å². The third-order valence-electron chi connectivity index (χ3n) is 1.91. The highest BCUT2D eigenvalue weighted by atomic mass is 19.1. The fraction of sp³-hybridized carbons (Fsp3) is 0.500. The molecule has 0 aliphatic rings. The van der Waals surface area contributed by atoms with E-state index in [1.54, 1.807) is 12.1 Å². The van der Waals surface area contributed by atoms with Gasteiger partial charge >= 0.3 is 0 Å². The minimum Gasteiger partial charge on any atom is -0.324 e. The predicted molar refractivity (Wildman–Crippen MR) is 50.6 cm³/mol. The van der Waals surface area contributed by atoms with Gasteiger partial charge in [0.1, 0.15) is 0 Å². The van der Waals surface area contributed by atoms with Gasteiger partial charge in [-0.2, -0.15) is 4.39 Å². The van der Waals surface area contributed by atoms with Crippen molar-refractivity contribution in [1.82, 2.24) is 4.98 Å². The number of nitrogens with zero attached hydrogens (tertiary/aromatic N) is 1. The minimum absolute atomic E-state index is 0.242. The predicted octanol–water partition coefficient (Wildman–Crippen LogP) is 2.27. The van der Waals surface area contributed by atoms with Crippen LogP contribution in [0.15, 0.2) is 18.3 Å². The molecule has 2 N–H and O–H groups in total. The van der Waals surface area contributed by atoms with Crippen LogP contribution in [0.25, 0.3) is 0 Å². The number of halogens is 1. The van der Waals surface area contributed by atoms with E-state index in [1.807, 2.05) is 0 Å². The lowest BCUT2D eigenvalue weighted by Gasteiger charge is -2.14. The first-order valence-electron chi connectivity index (χ1n) is 4.47. The van der Waals surface area contributed by atoms with Gasteiger partial charge < -0.3 is 5.73 Å². The summed E-state index contributed by atoms with van der Waals surface area (Å²) in [5.74, 6) is 0.0188. The van der Waals surface area contributed by atoms with E-state index in [9.17, 15) is 4.39 Å². The molecule has 3 heteroatoms. The van der Waals surface area contributed by atoms with Crippen LogP contribution < -0.4 is 5.73 Å². The van der Waals surface area contributed by atoms with Crippen molar-refractivity contribution in [3.8, 4) is 0 Å². The molecule has 2 nitrogen and oxygen atoms in total. The smallest absolute Gasteiger partial charge is 0.217 e. The molecule has 0 aliphatic heterocycles. The summed E-state index contributed by atoms with van der Waals surface area (Å²) in [5, 5.41) is 0. The molecule has 0 saturated carbocycles. The largest absolute Gasteiger partial charge is 0.324 e. The van der Waals surface area contributed by atoms with Gasteiger partial charge in [0.15, 0.2) is 0 Å². The Balaban J connectivity index is 2.76. The zero-order valence-electron chi connectivity index (χ0n) is 8.00. The van der Waals surface area contributed by atoms with Crippen LogP contribution in [0.4, 0.5) is 4.39 Å². The maximum atomic E-state index is 13.1. The van der Waals surface area contributed by atoms with Crippen LogP contribution in [-0.4, -0.2) is 4.98 Å². The van der Waals surface area contributed by atoms with Gasteiger partial charge in [-0.1, -0.05) is 19.9 Å². The molecule has 0 bridgehead atoms. The summed E-state index contributed by atoms with van der Waals surface area (Å²) < 4.78 is 13.1. The third-order valence-corrected chi connectivity index (χ3v) is 1.91. The van der Waals surface area contributed by atoms with Crippen molar-refractivity contribution in [2.24, 2.45) is 11.7 Å². The average Bonchev–Trinajstić information content (AvgIpc) is 2.03. The van der Waals surface area contributed by atoms with E-state index in [2.05, 4.69) is 18.8 Å². The molecule has 0 radical (unpaired) electrons. The highest BCUT2D eigenvalue weighted by Gasteiger charge is 2.12. The van der Waals surface area contributed by atoms with Gasteiger partial charge in [0, 0.05) is 17.8 Å². The normalized spacial score (nSPS) is 13.3. The molecule has 0 unspecified atom stereocenters. The van der Waals surface area contributed by atoms with E-state index in [1.165, 1.54) is 6.20 Å². The summed E-state index contributed by atoms with van der Waals surface area (Å²) in [6.07, 6.45) is 2.21. The monoisotopic (exact) mass is 182 g/mol. The fourth-order valence-electron chi connectivity index (χ4n) is 1.31. The molecule has 0 amide bonds. The van der Waals surface area contributed by atoms with E-state index in [0.717, 1.165) is 6.42 Å². The van der Waals surface area contributed by atoms with Crippen LogP contribution >= 0.6 is 0 Å². The quantitative estimate of drug-likeness (QED) is 0.728. The Morgan fingerprint density at radius 3 is 2.77 bits per heavy atom. The Hall–Kier alpha value is -0.960. The standard InChI is InChI=1S/C10H15FN2/c1-7(2)6-9(12)8-4-3-5-13-10(8)11/h3-5,7,9H,6,12H2,1-2H3/t9-/m0/s1.